The first-order valence-corrected chi connectivity index (χ1v) is 6.71. The van der Waals surface area contributed by atoms with Gasteiger partial charge in [0, 0.05) is 31.3 Å². The maximum absolute atomic E-state index is 12.3. The van der Waals surface area contributed by atoms with Crippen LogP contribution < -0.4 is 4.74 Å². The fraction of sp³-hybridized carbons (Fsp3) is 0.533. The molecule has 106 valence electrons. The molecule has 1 aromatic carbocycles. The lowest BCUT2D eigenvalue weighted by atomic mass is 10.1. The van der Waals surface area contributed by atoms with E-state index in [-0.39, 0.29) is 5.91 Å². The SMILES string of the molecule is CCOc1ccc(C(=O)N(CC)CC)cc1COC. The van der Waals surface area contributed by atoms with E-state index in [2.05, 4.69) is 0 Å². The largest absolute Gasteiger partial charge is 0.494 e. The average molecular weight is 265 g/mol. The molecular weight excluding hydrogens is 242 g/mol. The molecule has 1 aromatic rings. The maximum Gasteiger partial charge on any atom is 0.253 e. The molecule has 0 saturated heterocycles. The molecule has 1 rings (SSSR count). The smallest absolute Gasteiger partial charge is 0.253 e. The molecule has 0 atom stereocenters. The van der Waals surface area contributed by atoms with Crippen LogP contribution in [0.1, 0.15) is 36.7 Å². The van der Waals surface area contributed by atoms with Crippen LogP contribution in [0.15, 0.2) is 18.2 Å². The number of carbonyl (C=O) groups is 1. The Hall–Kier alpha value is -1.55. The summed E-state index contributed by atoms with van der Waals surface area (Å²) in [5, 5.41) is 0. The summed E-state index contributed by atoms with van der Waals surface area (Å²) in [7, 11) is 1.63. The number of amides is 1. The number of methoxy groups -OCH3 is 1. The van der Waals surface area contributed by atoms with Gasteiger partial charge in [0.25, 0.3) is 5.91 Å². The first-order valence-electron chi connectivity index (χ1n) is 6.71. The third kappa shape index (κ3) is 3.96. The number of carbonyl (C=O) groups excluding carboxylic acids is 1. The zero-order chi connectivity index (χ0) is 14.3. The molecular formula is C15H23NO3. The van der Waals surface area contributed by atoms with Gasteiger partial charge in [-0.05, 0) is 39.0 Å². The van der Waals surface area contributed by atoms with Crippen LogP contribution in [0, 0.1) is 0 Å². The standard InChI is InChI=1S/C15H23NO3/c1-5-16(6-2)15(17)12-8-9-14(19-7-3)13(10-12)11-18-4/h8-10H,5-7,11H2,1-4H3. The monoisotopic (exact) mass is 265 g/mol. The topological polar surface area (TPSA) is 38.8 Å². The fourth-order valence-corrected chi connectivity index (χ4v) is 1.97. The van der Waals surface area contributed by atoms with Crippen molar-refractivity contribution in [1.29, 1.82) is 0 Å². The molecule has 0 saturated carbocycles. The third-order valence-corrected chi connectivity index (χ3v) is 2.96. The number of benzene rings is 1. The first kappa shape index (κ1) is 15.5. The van der Waals surface area contributed by atoms with Gasteiger partial charge in [-0.1, -0.05) is 0 Å². The lowest BCUT2D eigenvalue weighted by molar-refractivity contribution is 0.0772. The van der Waals surface area contributed by atoms with Gasteiger partial charge in [-0.15, -0.1) is 0 Å². The minimum atomic E-state index is 0.0467. The van der Waals surface area contributed by atoms with Crippen LogP contribution in [0.3, 0.4) is 0 Å². The second kappa shape index (κ2) is 7.79. The van der Waals surface area contributed by atoms with Gasteiger partial charge in [-0.25, -0.2) is 0 Å². The van der Waals surface area contributed by atoms with Gasteiger partial charge in [0.05, 0.1) is 13.2 Å². The van der Waals surface area contributed by atoms with Crippen molar-refractivity contribution < 1.29 is 14.3 Å². The molecule has 4 heteroatoms. The van der Waals surface area contributed by atoms with Crippen molar-refractivity contribution in [3.8, 4) is 5.75 Å². The molecule has 0 aliphatic heterocycles. The highest BCUT2D eigenvalue weighted by molar-refractivity contribution is 5.94. The minimum Gasteiger partial charge on any atom is -0.494 e. The van der Waals surface area contributed by atoms with Crippen molar-refractivity contribution in [3.63, 3.8) is 0 Å². The van der Waals surface area contributed by atoms with E-state index in [9.17, 15) is 4.79 Å². The van der Waals surface area contributed by atoms with Crippen molar-refractivity contribution in [1.82, 2.24) is 4.90 Å². The van der Waals surface area contributed by atoms with Crippen LogP contribution in [-0.4, -0.2) is 37.6 Å². The number of nitrogens with zero attached hydrogens (tertiary/aromatic N) is 1. The summed E-state index contributed by atoms with van der Waals surface area (Å²) in [6.07, 6.45) is 0. The quantitative estimate of drug-likeness (QED) is 0.761. The van der Waals surface area contributed by atoms with Gasteiger partial charge in [-0.3, -0.25) is 4.79 Å². The zero-order valence-electron chi connectivity index (χ0n) is 12.2. The molecule has 0 heterocycles. The van der Waals surface area contributed by atoms with Crippen molar-refractivity contribution in [2.24, 2.45) is 0 Å². The average Bonchev–Trinajstić information content (AvgIpc) is 2.42. The molecule has 0 aliphatic carbocycles. The van der Waals surface area contributed by atoms with Crippen LogP contribution in [0.4, 0.5) is 0 Å². The summed E-state index contributed by atoms with van der Waals surface area (Å²) in [6, 6.07) is 5.51. The van der Waals surface area contributed by atoms with Crippen LogP contribution in [0.5, 0.6) is 5.75 Å². The van der Waals surface area contributed by atoms with E-state index < -0.39 is 0 Å². The molecule has 19 heavy (non-hydrogen) atoms. The van der Waals surface area contributed by atoms with E-state index >= 15 is 0 Å². The Morgan fingerprint density at radius 3 is 2.42 bits per heavy atom. The predicted molar refractivity (Wildman–Crippen MR) is 75.6 cm³/mol. The Labute approximate surface area is 115 Å². The van der Waals surface area contributed by atoms with Crippen molar-refractivity contribution in [2.75, 3.05) is 26.8 Å². The summed E-state index contributed by atoms with van der Waals surface area (Å²) in [6.45, 7) is 8.35. The molecule has 0 spiro atoms. The summed E-state index contributed by atoms with van der Waals surface area (Å²) in [4.78, 5) is 14.1. The Morgan fingerprint density at radius 2 is 1.89 bits per heavy atom. The van der Waals surface area contributed by atoms with Gasteiger partial charge in [-0.2, -0.15) is 0 Å². The molecule has 4 nitrogen and oxygen atoms in total. The lowest BCUT2D eigenvalue weighted by Crippen LogP contribution is -2.30. The van der Waals surface area contributed by atoms with E-state index in [4.69, 9.17) is 9.47 Å². The summed E-state index contributed by atoms with van der Waals surface area (Å²) < 4.78 is 10.7. The van der Waals surface area contributed by atoms with E-state index in [0.717, 1.165) is 11.3 Å². The zero-order valence-corrected chi connectivity index (χ0v) is 12.2. The Balaban J connectivity index is 3.03. The molecule has 0 aromatic heterocycles. The van der Waals surface area contributed by atoms with Crippen LogP contribution >= 0.6 is 0 Å². The lowest BCUT2D eigenvalue weighted by Gasteiger charge is -2.19. The van der Waals surface area contributed by atoms with E-state index in [1.165, 1.54) is 0 Å². The molecule has 0 bridgehead atoms. The number of hydrogen-bond acceptors (Lipinski definition) is 3. The van der Waals surface area contributed by atoms with Gasteiger partial charge in [0.15, 0.2) is 0 Å². The molecule has 0 aliphatic rings. The van der Waals surface area contributed by atoms with Crippen LogP contribution in [0.2, 0.25) is 0 Å². The van der Waals surface area contributed by atoms with Gasteiger partial charge >= 0.3 is 0 Å². The van der Waals surface area contributed by atoms with E-state index in [1.807, 2.05) is 39.0 Å². The predicted octanol–water partition coefficient (Wildman–Crippen LogP) is 2.71. The fourth-order valence-electron chi connectivity index (χ4n) is 1.97. The van der Waals surface area contributed by atoms with Crippen molar-refractivity contribution >= 4 is 5.91 Å². The Morgan fingerprint density at radius 1 is 1.21 bits per heavy atom. The minimum absolute atomic E-state index is 0.0467. The second-order valence-electron chi connectivity index (χ2n) is 4.17. The van der Waals surface area contributed by atoms with Gasteiger partial charge in [0.2, 0.25) is 0 Å². The van der Waals surface area contributed by atoms with Crippen LogP contribution in [-0.2, 0) is 11.3 Å². The maximum atomic E-state index is 12.3. The number of rotatable bonds is 7. The summed E-state index contributed by atoms with van der Waals surface area (Å²) in [5.74, 6) is 0.825. The molecule has 0 radical (unpaired) electrons. The third-order valence-electron chi connectivity index (χ3n) is 2.96. The number of hydrogen-bond donors (Lipinski definition) is 0. The van der Waals surface area contributed by atoms with Crippen molar-refractivity contribution in [3.05, 3.63) is 29.3 Å². The van der Waals surface area contributed by atoms with Gasteiger partial charge < -0.3 is 14.4 Å². The van der Waals surface area contributed by atoms with E-state index in [0.29, 0.717) is 31.9 Å². The van der Waals surface area contributed by atoms with E-state index in [1.54, 1.807) is 12.0 Å². The highest BCUT2D eigenvalue weighted by Crippen LogP contribution is 2.22. The van der Waals surface area contributed by atoms with Crippen LogP contribution in [0.25, 0.3) is 0 Å². The Bertz CT molecular complexity index is 414. The molecule has 0 N–H and O–H groups in total. The molecule has 1 amide bonds. The molecule has 0 unspecified atom stereocenters. The first-order chi connectivity index (χ1) is 9.17. The second-order valence-corrected chi connectivity index (χ2v) is 4.17. The van der Waals surface area contributed by atoms with Crippen molar-refractivity contribution in [2.45, 2.75) is 27.4 Å². The molecule has 0 fully saturated rings. The normalized spacial score (nSPS) is 10.3. The number of ether oxygens (including phenoxy) is 2. The highest BCUT2D eigenvalue weighted by atomic mass is 16.5. The highest BCUT2D eigenvalue weighted by Gasteiger charge is 2.14. The summed E-state index contributed by atoms with van der Waals surface area (Å²) >= 11 is 0. The van der Waals surface area contributed by atoms with Gasteiger partial charge in [0.1, 0.15) is 5.75 Å². The Kier molecular flexibility index (Phi) is 6.36. The summed E-state index contributed by atoms with van der Waals surface area (Å²) in [5.41, 5.74) is 1.58.